The molecule has 1 N–H and O–H groups in total. The number of alkyl halides is 2. The summed E-state index contributed by atoms with van der Waals surface area (Å²) in [7, 11) is 1.26. The lowest BCUT2D eigenvalue weighted by atomic mass is 10.2. The van der Waals surface area contributed by atoms with Gasteiger partial charge in [0.2, 0.25) is 5.91 Å². The standard InChI is InChI=1S/C23H19ClF2N2O7S/c1-3-34-21(31)14-10-13(5-6-15(14)24)27-19(29)11-28-20(30)18(36-23(28)32)9-12-4-7-16(35-22(25)26)17(8-12)33-2/h4-10,22H,3,11H2,1-2H3,(H,27,29)/b18-9-. The van der Waals surface area contributed by atoms with Crippen molar-refractivity contribution >= 4 is 58.1 Å². The number of rotatable bonds is 9. The van der Waals surface area contributed by atoms with E-state index in [0.29, 0.717) is 17.3 Å². The molecule has 0 saturated carbocycles. The van der Waals surface area contributed by atoms with Gasteiger partial charge in [0.05, 0.1) is 29.2 Å². The first-order valence-corrected chi connectivity index (χ1v) is 11.5. The van der Waals surface area contributed by atoms with Crippen molar-refractivity contribution in [3.8, 4) is 11.5 Å². The minimum absolute atomic E-state index is 0.00723. The first-order valence-electron chi connectivity index (χ1n) is 10.3. The lowest BCUT2D eigenvalue weighted by molar-refractivity contribution is -0.127. The van der Waals surface area contributed by atoms with Crippen molar-refractivity contribution in [3.63, 3.8) is 0 Å². The molecule has 9 nitrogen and oxygen atoms in total. The van der Waals surface area contributed by atoms with Gasteiger partial charge in [-0.25, -0.2) is 4.79 Å². The van der Waals surface area contributed by atoms with Crippen LogP contribution >= 0.6 is 23.4 Å². The van der Waals surface area contributed by atoms with Gasteiger partial charge in [0.15, 0.2) is 11.5 Å². The molecule has 0 aromatic heterocycles. The van der Waals surface area contributed by atoms with Crippen LogP contribution in [0.1, 0.15) is 22.8 Å². The summed E-state index contributed by atoms with van der Waals surface area (Å²) >= 11 is 6.62. The van der Waals surface area contributed by atoms with E-state index in [2.05, 4.69) is 10.1 Å². The van der Waals surface area contributed by atoms with Gasteiger partial charge in [0.25, 0.3) is 11.1 Å². The quantitative estimate of drug-likeness (QED) is 0.356. The van der Waals surface area contributed by atoms with Crippen LogP contribution in [0.3, 0.4) is 0 Å². The summed E-state index contributed by atoms with van der Waals surface area (Å²) in [6.07, 6.45) is 1.36. The molecule has 3 amide bonds. The molecule has 1 aliphatic rings. The van der Waals surface area contributed by atoms with Crippen LogP contribution in [-0.2, 0) is 14.3 Å². The maximum atomic E-state index is 12.7. The molecular formula is C23H19ClF2N2O7S. The molecule has 0 spiro atoms. The number of amides is 3. The molecule has 36 heavy (non-hydrogen) atoms. The van der Waals surface area contributed by atoms with Gasteiger partial charge < -0.3 is 19.5 Å². The molecule has 0 atom stereocenters. The van der Waals surface area contributed by atoms with Crippen LogP contribution < -0.4 is 14.8 Å². The van der Waals surface area contributed by atoms with E-state index >= 15 is 0 Å². The molecule has 13 heteroatoms. The average molecular weight is 541 g/mol. The first kappa shape index (κ1) is 27.0. The molecular weight excluding hydrogens is 522 g/mol. The number of nitrogens with one attached hydrogen (secondary N) is 1. The van der Waals surface area contributed by atoms with Crippen LogP contribution in [0, 0.1) is 0 Å². The largest absolute Gasteiger partial charge is 0.493 e. The number of methoxy groups -OCH3 is 1. The predicted molar refractivity (Wildman–Crippen MR) is 128 cm³/mol. The van der Waals surface area contributed by atoms with E-state index < -0.39 is 36.2 Å². The number of nitrogens with zero attached hydrogens (tertiary/aromatic N) is 1. The molecule has 0 bridgehead atoms. The molecule has 1 fully saturated rings. The third kappa shape index (κ3) is 6.52. The van der Waals surface area contributed by atoms with E-state index in [1.54, 1.807) is 6.92 Å². The Morgan fingerprint density at radius 1 is 1.17 bits per heavy atom. The summed E-state index contributed by atoms with van der Waals surface area (Å²) in [5.41, 5.74) is 0.648. The van der Waals surface area contributed by atoms with Crippen LogP contribution in [0.5, 0.6) is 11.5 Å². The molecule has 2 aromatic rings. The average Bonchev–Trinajstić information content (AvgIpc) is 3.08. The van der Waals surface area contributed by atoms with Gasteiger partial charge in [0.1, 0.15) is 6.54 Å². The lowest BCUT2D eigenvalue weighted by Gasteiger charge is -2.13. The Labute approximate surface area is 213 Å². The number of hydrogen-bond acceptors (Lipinski definition) is 8. The van der Waals surface area contributed by atoms with Gasteiger partial charge in [0, 0.05) is 5.69 Å². The summed E-state index contributed by atoms with van der Waals surface area (Å²) in [5.74, 6) is -2.25. The SMILES string of the molecule is CCOC(=O)c1cc(NC(=O)CN2C(=O)S/C(=C\c3ccc(OC(F)F)c(OC)c3)C2=O)ccc1Cl. The summed E-state index contributed by atoms with van der Waals surface area (Å²) in [4.78, 5) is 50.4. The molecule has 2 aromatic carbocycles. The summed E-state index contributed by atoms with van der Waals surface area (Å²) in [6, 6.07) is 8.18. The second kappa shape index (κ2) is 11.9. The molecule has 1 heterocycles. The number of halogens is 3. The molecule has 1 aliphatic heterocycles. The summed E-state index contributed by atoms with van der Waals surface area (Å²) < 4.78 is 39.3. The summed E-state index contributed by atoms with van der Waals surface area (Å²) in [5, 5.41) is 1.96. The van der Waals surface area contributed by atoms with Crippen LogP contribution in [-0.4, -0.2) is 54.8 Å². The summed E-state index contributed by atoms with van der Waals surface area (Å²) in [6.45, 7) is -1.85. The fourth-order valence-corrected chi connectivity index (χ4v) is 4.10. The highest BCUT2D eigenvalue weighted by atomic mass is 35.5. The first-order chi connectivity index (χ1) is 17.1. The van der Waals surface area contributed by atoms with E-state index in [9.17, 15) is 28.0 Å². The highest BCUT2D eigenvalue weighted by molar-refractivity contribution is 8.18. The Balaban J connectivity index is 1.71. The van der Waals surface area contributed by atoms with E-state index in [4.69, 9.17) is 21.1 Å². The van der Waals surface area contributed by atoms with Gasteiger partial charge in [-0.1, -0.05) is 17.7 Å². The normalized spacial score (nSPS) is 14.4. The van der Waals surface area contributed by atoms with Crippen LogP contribution in [0.2, 0.25) is 5.02 Å². The maximum Gasteiger partial charge on any atom is 0.387 e. The zero-order valence-corrected chi connectivity index (χ0v) is 20.5. The van der Waals surface area contributed by atoms with Crippen LogP contribution in [0.25, 0.3) is 6.08 Å². The monoisotopic (exact) mass is 540 g/mol. The highest BCUT2D eigenvalue weighted by Crippen LogP contribution is 2.35. The molecule has 0 radical (unpaired) electrons. The third-order valence-electron chi connectivity index (χ3n) is 4.62. The smallest absolute Gasteiger partial charge is 0.387 e. The Kier molecular flexibility index (Phi) is 8.88. The van der Waals surface area contributed by atoms with Crippen molar-refractivity contribution in [2.45, 2.75) is 13.5 Å². The molecule has 1 saturated heterocycles. The number of benzene rings is 2. The number of carbonyl (C=O) groups is 4. The number of esters is 1. The topological polar surface area (TPSA) is 111 Å². The Hall–Kier alpha value is -3.64. The Bertz CT molecular complexity index is 1240. The van der Waals surface area contributed by atoms with Gasteiger partial charge >= 0.3 is 12.6 Å². The van der Waals surface area contributed by atoms with Gasteiger partial charge in [-0.3, -0.25) is 19.3 Å². The lowest BCUT2D eigenvalue weighted by Crippen LogP contribution is -2.36. The van der Waals surface area contributed by atoms with Crippen LogP contribution in [0.4, 0.5) is 19.3 Å². The number of ether oxygens (including phenoxy) is 3. The van der Waals surface area contributed by atoms with Gasteiger partial charge in [-0.05, 0) is 60.7 Å². The minimum atomic E-state index is -3.04. The number of anilines is 1. The van der Waals surface area contributed by atoms with E-state index in [1.165, 1.54) is 49.6 Å². The Morgan fingerprint density at radius 3 is 2.58 bits per heavy atom. The van der Waals surface area contributed by atoms with Gasteiger partial charge in [-0.2, -0.15) is 8.78 Å². The third-order valence-corrected chi connectivity index (χ3v) is 5.86. The zero-order valence-electron chi connectivity index (χ0n) is 18.9. The van der Waals surface area contributed by atoms with Crippen molar-refractivity contribution in [1.82, 2.24) is 4.90 Å². The van der Waals surface area contributed by atoms with Crippen molar-refractivity contribution < 1.29 is 42.2 Å². The van der Waals surface area contributed by atoms with Crippen molar-refractivity contribution in [2.24, 2.45) is 0 Å². The van der Waals surface area contributed by atoms with E-state index in [-0.39, 0.29) is 39.3 Å². The maximum absolute atomic E-state index is 12.7. The fraction of sp³-hybridized carbons (Fsp3) is 0.217. The van der Waals surface area contributed by atoms with Crippen LogP contribution in [0.15, 0.2) is 41.3 Å². The number of hydrogen-bond donors (Lipinski definition) is 1. The molecule has 0 unspecified atom stereocenters. The van der Waals surface area contributed by atoms with Crippen molar-refractivity contribution in [2.75, 3.05) is 25.6 Å². The van der Waals surface area contributed by atoms with Gasteiger partial charge in [-0.15, -0.1) is 0 Å². The van der Waals surface area contributed by atoms with E-state index in [1.807, 2.05) is 0 Å². The minimum Gasteiger partial charge on any atom is -0.493 e. The molecule has 3 rings (SSSR count). The molecule has 190 valence electrons. The van der Waals surface area contributed by atoms with Crippen molar-refractivity contribution in [3.05, 3.63) is 57.5 Å². The number of imide groups is 1. The Morgan fingerprint density at radius 2 is 1.92 bits per heavy atom. The fourth-order valence-electron chi connectivity index (χ4n) is 3.07. The van der Waals surface area contributed by atoms with E-state index in [0.717, 1.165) is 4.90 Å². The highest BCUT2D eigenvalue weighted by Gasteiger charge is 2.36. The zero-order chi connectivity index (χ0) is 26.4. The predicted octanol–water partition coefficient (Wildman–Crippen LogP) is 4.80. The second-order valence-corrected chi connectivity index (χ2v) is 8.42. The van der Waals surface area contributed by atoms with Crippen molar-refractivity contribution in [1.29, 1.82) is 0 Å². The number of thioether (sulfide) groups is 1. The molecule has 0 aliphatic carbocycles. The number of carbonyl (C=O) groups excluding carboxylic acids is 4. The second-order valence-electron chi connectivity index (χ2n) is 7.02.